The van der Waals surface area contributed by atoms with Gasteiger partial charge in [-0.25, -0.2) is 9.48 Å². The highest BCUT2D eigenvalue weighted by Gasteiger charge is 2.18. The fourth-order valence-corrected chi connectivity index (χ4v) is 4.41. The van der Waals surface area contributed by atoms with Gasteiger partial charge in [0.05, 0.1) is 53.1 Å². The van der Waals surface area contributed by atoms with Gasteiger partial charge in [0.1, 0.15) is 6.54 Å². The van der Waals surface area contributed by atoms with Crippen molar-refractivity contribution in [2.75, 3.05) is 14.2 Å². The summed E-state index contributed by atoms with van der Waals surface area (Å²) < 4.78 is 13.5. The third-order valence-corrected chi connectivity index (χ3v) is 6.10. The van der Waals surface area contributed by atoms with E-state index in [1.807, 2.05) is 30.3 Å². The molecule has 1 amide bonds. The summed E-state index contributed by atoms with van der Waals surface area (Å²) in [6.45, 7) is 1.65. The molecule has 2 aromatic heterocycles. The molecular weight excluding hydrogens is 444 g/mol. The molecule has 0 N–H and O–H groups in total. The molecule has 2 heterocycles. The van der Waals surface area contributed by atoms with E-state index in [4.69, 9.17) is 9.47 Å². The molecule has 0 unspecified atom stereocenters. The quantitative estimate of drug-likeness (QED) is 0.421. The predicted octanol–water partition coefficient (Wildman–Crippen LogP) is 2.90. The Labute approximate surface area is 192 Å². The summed E-state index contributed by atoms with van der Waals surface area (Å²) in [6, 6.07) is 14.4. The van der Waals surface area contributed by atoms with Crippen molar-refractivity contribution < 1.29 is 23.9 Å². The van der Waals surface area contributed by atoms with Crippen LogP contribution in [0.15, 0.2) is 59.7 Å². The molecule has 0 aliphatic carbocycles. The van der Waals surface area contributed by atoms with Crippen molar-refractivity contribution in [2.45, 2.75) is 13.5 Å². The first-order chi connectivity index (χ1) is 15.9. The highest BCUT2D eigenvalue weighted by molar-refractivity contribution is 7.16. The number of methoxy groups -OCH3 is 2. The van der Waals surface area contributed by atoms with E-state index in [9.17, 15) is 14.4 Å². The zero-order valence-electron chi connectivity index (χ0n) is 18.1. The zero-order valence-corrected chi connectivity index (χ0v) is 19.0. The van der Waals surface area contributed by atoms with Crippen molar-refractivity contribution in [3.05, 3.63) is 76.4 Å². The van der Waals surface area contributed by atoms with E-state index in [0.29, 0.717) is 31.8 Å². The summed E-state index contributed by atoms with van der Waals surface area (Å²) in [4.78, 5) is 41.6. The molecule has 0 saturated carbocycles. The maximum absolute atomic E-state index is 13.1. The molecule has 33 heavy (non-hydrogen) atoms. The van der Waals surface area contributed by atoms with Gasteiger partial charge in [0.15, 0.2) is 4.80 Å². The number of amides is 1. The van der Waals surface area contributed by atoms with Gasteiger partial charge >= 0.3 is 11.9 Å². The predicted molar refractivity (Wildman–Crippen MR) is 121 cm³/mol. The van der Waals surface area contributed by atoms with E-state index >= 15 is 0 Å². The van der Waals surface area contributed by atoms with Gasteiger partial charge in [0.2, 0.25) is 0 Å². The largest absolute Gasteiger partial charge is 0.468 e. The lowest BCUT2D eigenvalue weighted by molar-refractivity contribution is -0.141. The number of nitrogens with zero attached hydrogens (tertiary/aromatic N) is 4. The topological polar surface area (TPSA) is 105 Å². The van der Waals surface area contributed by atoms with E-state index in [-0.39, 0.29) is 6.54 Å². The molecule has 0 atom stereocenters. The van der Waals surface area contributed by atoms with Gasteiger partial charge in [-0.05, 0) is 37.3 Å². The summed E-state index contributed by atoms with van der Waals surface area (Å²) in [5.74, 6) is -1.47. The van der Waals surface area contributed by atoms with Gasteiger partial charge in [-0.3, -0.25) is 9.59 Å². The summed E-state index contributed by atoms with van der Waals surface area (Å²) in [5.41, 5.74) is 2.81. The number of fused-ring (bicyclic) bond motifs is 1. The Morgan fingerprint density at radius 3 is 2.52 bits per heavy atom. The molecule has 4 rings (SSSR count). The first-order valence-corrected chi connectivity index (χ1v) is 10.7. The summed E-state index contributed by atoms with van der Waals surface area (Å²) >= 11 is 1.18. The molecule has 0 saturated heterocycles. The zero-order chi connectivity index (χ0) is 23.5. The lowest BCUT2D eigenvalue weighted by Crippen LogP contribution is -2.22. The Balaban J connectivity index is 1.81. The normalized spacial score (nSPS) is 11.5. The van der Waals surface area contributed by atoms with Crippen molar-refractivity contribution in [1.82, 2.24) is 14.3 Å². The van der Waals surface area contributed by atoms with E-state index < -0.39 is 17.8 Å². The molecule has 0 spiro atoms. The maximum atomic E-state index is 13.1. The van der Waals surface area contributed by atoms with Crippen LogP contribution in [-0.2, 0) is 20.8 Å². The van der Waals surface area contributed by atoms with Gasteiger partial charge in [-0.1, -0.05) is 29.5 Å². The highest BCUT2D eigenvalue weighted by Crippen LogP contribution is 2.21. The van der Waals surface area contributed by atoms with Gasteiger partial charge in [-0.15, -0.1) is 0 Å². The second-order valence-corrected chi connectivity index (χ2v) is 8.04. The first kappa shape index (κ1) is 22.2. The minimum Gasteiger partial charge on any atom is -0.468 e. The number of thiazole rings is 1. The number of ether oxygens (including phenoxy) is 2. The first-order valence-electron chi connectivity index (χ1n) is 9.90. The highest BCUT2D eigenvalue weighted by atomic mass is 32.1. The number of benzene rings is 2. The van der Waals surface area contributed by atoms with Crippen LogP contribution in [0.25, 0.3) is 15.9 Å². The van der Waals surface area contributed by atoms with E-state index in [2.05, 4.69) is 10.1 Å². The summed E-state index contributed by atoms with van der Waals surface area (Å²) in [6.07, 6.45) is 1.47. The van der Waals surface area contributed by atoms with E-state index in [1.165, 1.54) is 31.8 Å². The van der Waals surface area contributed by atoms with Crippen LogP contribution in [0.3, 0.4) is 0 Å². The lowest BCUT2D eigenvalue weighted by atomic mass is 10.2. The molecule has 0 radical (unpaired) electrons. The average molecular weight is 465 g/mol. The molecular formula is C23H20N4O5S. The number of carbonyl (C=O) groups excluding carboxylic acids is 3. The average Bonchev–Trinajstić information content (AvgIpc) is 3.38. The smallest absolute Gasteiger partial charge is 0.337 e. The van der Waals surface area contributed by atoms with Gasteiger partial charge < -0.3 is 14.0 Å². The van der Waals surface area contributed by atoms with Crippen molar-refractivity contribution >= 4 is 39.4 Å². The molecule has 168 valence electrons. The minimum absolute atomic E-state index is 0.136. The molecule has 0 bridgehead atoms. The van der Waals surface area contributed by atoms with Crippen LogP contribution >= 0.6 is 11.3 Å². The number of hydrogen-bond donors (Lipinski definition) is 0. The summed E-state index contributed by atoms with van der Waals surface area (Å²) in [7, 11) is 2.59. The summed E-state index contributed by atoms with van der Waals surface area (Å²) in [5, 5.41) is 4.32. The fraction of sp³-hybridized carbons (Fsp3) is 0.174. The van der Waals surface area contributed by atoms with Crippen LogP contribution in [-0.4, -0.2) is 46.4 Å². The second kappa shape index (κ2) is 9.21. The van der Waals surface area contributed by atoms with Crippen LogP contribution in [0.2, 0.25) is 0 Å². The van der Waals surface area contributed by atoms with Crippen LogP contribution in [0.5, 0.6) is 0 Å². The number of rotatable bonds is 5. The Morgan fingerprint density at radius 2 is 1.82 bits per heavy atom. The van der Waals surface area contributed by atoms with Crippen molar-refractivity contribution in [3.63, 3.8) is 0 Å². The maximum Gasteiger partial charge on any atom is 0.337 e. The monoisotopic (exact) mass is 464 g/mol. The molecule has 4 aromatic rings. The molecule has 2 aromatic carbocycles. The molecule has 10 heteroatoms. The number of para-hydroxylation sites is 1. The fourth-order valence-electron chi connectivity index (χ4n) is 3.35. The Bertz CT molecular complexity index is 1430. The van der Waals surface area contributed by atoms with Gasteiger partial charge in [0.25, 0.3) is 5.91 Å². The Hall–Kier alpha value is -4.05. The molecule has 9 nitrogen and oxygen atoms in total. The minimum atomic E-state index is -0.493. The number of hydrogen-bond acceptors (Lipinski definition) is 7. The van der Waals surface area contributed by atoms with Crippen LogP contribution in [0.4, 0.5) is 0 Å². The lowest BCUT2D eigenvalue weighted by Gasteiger charge is -2.05. The molecule has 0 aliphatic heterocycles. The molecule has 0 fully saturated rings. The standard InChI is InChI=1S/C23H20N4O5S/c1-14-17(12-24-27(14)16-7-5-4-6-8-16)21(29)25-23-26(13-20(28)31-2)18-10-9-15(22(30)32-3)11-19(18)33-23/h4-12H,13H2,1-3H3. The van der Waals surface area contributed by atoms with Crippen LogP contribution in [0, 0.1) is 6.92 Å². The third kappa shape index (κ3) is 4.33. The van der Waals surface area contributed by atoms with Crippen molar-refractivity contribution in [2.24, 2.45) is 4.99 Å². The number of esters is 2. The van der Waals surface area contributed by atoms with Crippen LogP contribution in [0.1, 0.15) is 26.4 Å². The number of aromatic nitrogens is 3. The van der Waals surface area contributed by atoms with Gasteiger partial charge in [-0.2, -0.15) is 10.1 Å². The van der Waals surface area contributed by atoms with E-state index in [0.717, 1.165) is 5.69 Å². The Kier molecular flexibility index (Phi) is 6.18. The van der Waals surface area contributed by atoms with Crippen molar-refractivity contribution in [1.29, 1.82) is 0 Å². The molecule has 0 aliphatic rings. The van der Waals surface area contributed by atoms with Gasteiger partial charge in [0, 0.05) is 0 Å². The van der Waals surface area contributed by atoms with Crippen molar-refractivity contribution in [3.8, 4) is 5.69 Å². The Morgan fingerprint density at radius 1 is 1.06 bits per heavy atom. The van der Waals surface area contributed by atoms with E-state index in [1.54, 1.807) is 34.4 Å². The SMILES string of the molecule is COC(=O)Cn1c(=NC(=O)c2cnn(-c3ccccc3)c2C)sc2cc(C(=O)OC)ccc21. The van der Waals surface area contributed by atoms with Crippen LogP contribution < -0.4 is 4.80 Å². The third-order valence-electron chi connectivity index (χ3n) is 5.06. The number of carbonyl (C=O) groups is 3. The second-order valence-electron chi connectivity index (χ2n) is 7.03.